The third-order valence-electron chi connectivity index (χ3n) is 4.72. The van der Waals surface area contributed by atoms with Crippen molar-refractivity contribution in [2.75, 3.05) is 20.1 Å². The van der Waals surface area contributed by atoms with Gasteiger partial charge >= 0.3 is 0 Å². The van der Waals surface area contributed by atoms with Gasteiger partial charge < -0.3 is 10.2 Å². The Morgan fingerprint density at radius 2 is 1.95 bits per heavy atom. The van der Waals surface area contributed by atoms with Crippen LogP contribution in [0.1, 0.15) is 36.6 Å². The maximum absolute atomic E-state index is 12.6. The van der Waals surface area contributed by atoms with Crippen LogP contribution in [0.15, 0.2) is 18.2 Å². The standard InChI is InChI=1S/C17H26N2O/c1-11-6-7-12(2)16(8-11)14(4)19(5)17(20)13(3)15-9-18-10-15/h6-8,13-15,18H,9-10H2,1-5H3. The van der Waals surface area contributed by atoms with Gasteiger partial charge in [0.1, 0.15) is 0 Å². The van der Waals surface area contributed by atoms with Gasteiger partial charge in [0.15, 0.2) is 0 Å². The van der Waals surface area contributed by atoms with E-state index >= 15 is 0 Å². The number of carbonyl (C=O) groups is 1. The normalized spacial score (nSPS) is 18.2. The van der Waals surface area contributed by atoms with E-state index in [2.05, 4.69) is 51.2 Å². The third kappa shape index (κ3) is 2.88. The Balaban J connectivity index is 2.12. The van der Waals surface area contributed by atoms with Crippen LogP contribution in [0, 0.1) is 25.7 Å². The lowest BCUT2D eigenvalue weighted by Gasteiger charge is -2.36. The van der Waals surface area contributed by atoms with E-state index in [4.69, 9.17) is 0 Å². The Hall–Kier alpha value is -1.35. The summed E-state index contributed by atoms with van der Waals surface area (Å²) in [4.78, 5) is 14.5. The first kappa shape index (κ1) is 15.0. The molecule has 2 atom stereocenters. The lowest BCUT2D eigenvalue weighted by Crippen LogP contribution is -2.50. The van der Waals surface area contributed by atoms with Crippen molar-refractivity contribution in [2.45, 2.75) is 33.7 Å². The van der Waals surface area contributed by atoms with E-state index in [9.17, 15) is 4.79 Å². The second-order valence-electron chi connectivity index (χ2n) is 6.19. The Labute approximate surface area is 122 Å². The van der Waals surface area contributed by atoms with Gasteiger partial charge in [-0.15, -0.1) is 0 Å². The molecule has 1 aliphatic heterocycles. The zero-order valence-electron chi connectivity index (χ0n) is 13.2. The van der Waals surface area contributed by atoms with Crippen molar-refractivity contribution in [1.82, 2.24) is 10.2 Å². The first-order chi connectivity index (χ1) is 9.41. The van der Waals surface area contributed by atoms with Crippen LogP contribution in [-0.2, 0) is 4.79 Å². The number of aryl methyl sites for hydroxylation is 2. The molecule has 0 spiro atoms. The number of nitrogens with one attached hydrogen (secondary N) is 1. The Kier molecular flexibility index (Phi) is 4.48. The van der Waals surface area contributed by atoms with Crippen LogP contribution in [0.25, 0.3) is 0 Å². The molecule has 2 unspecified atom stereocenters. The quantitative estimate of drug-likeness (QED) is 0.915. The molecular weight excluding hydrogens is 248 g/mol. The van der Waals surface area contributed by atoms with Crippen molar-refractivity contribution in [1.29, 1.82) is 0 Å². The van der Waals surface area contributed by atoms with Gasteiger partial charge in [-0.2, -0.15) is 0 Å². The van der Waals surface area contributed by atoms with Crippen LogP contribution in [0.3, 0.4) is 0 Å². The average molecular weight is 274 g/mol. The highest BCUT2D eigenvalue weighted by molar-refractivity contribution is 5.79. The van der Waals surface area contributed by atoms with E-state index in [-0.39, 0.29) is 17.9 Å². The van der Waals surface area contributed by atoms with Crippen molar-refractivity contribution < 1.29 is 4.79 Å². The van der Waals surface area contributed by atoms with E-state index in [1.807, 2.05) is 11.9 Å². The summed E-state index contributed by atoms with van der Waals surface area (Å²) in [5.41, 5.74) is 3.75. The summed E-state index contributed by atoms with van der Waals surface area (Å²) in [7, 11) is 1.93. The zero-order valence-corrected chi connectivity index (χ0v) is 13.2. The summed E-state index contributed by atoms with van der Waals surface area (Å²) in [5, 5.41) is 3.24. The number of carbonyl (C=O) groups excluding carboxylic acids is 1. The number of rotatable bonds is 4. The maximum atomic E-state index is 12.6. The van der Waals surface area contributed by atoms with Crippen molar-refractivity contribution in [3.8, 4) is 0 Å². The molecule has 0 saturated carbocycles. The van der Waals surface area contributed by atoms with Crippen molar-refractivity contribution in [3.63, 3.8) is 0 Å². The molecule has 2 rings (SSSR count). The topological polar surface area (TPSA) is 32.3 Å². The second-order valence-corrected chi connectivity index (χ2v) is 6.19. The van der Waals surface area contributed by atoms with E-state index in [0.717, 1.165) is 13.1 Å². The molecule has 3 nitrogen and oxygen atoms in total. The molecule has 20 heavy (non-hydrogen) atoms. The molecule has 110 valence electrons. The Bertz CT molecular complexity index is 494. The average Bonchev–Trinajstić information content (AvgIpc) is 2.37. The van der Waals surface area contributed by atoms with E-state index < -0.39 is 0 Å². The van der Waals surface area contributed by atoms with Crippen molar-refractivity contribution >= 4 is 5.91 Å². The van der Waals surface area contributed by atoms with Gasteiger partial charge in [0.05, 0.1) is 6.04 Å². The van der Waals surface area contributed by atoms with E-state index in [1.165, 1.54) is 16.7 Å². The molecule has 1 N–H and O–H groups in total. The monoisotopic (exact) mass is 274 g/mol. The SMILES string of the molecule is Cc1ccc(C)c(C(C)N(C)C(=O)C(C)C2CNC2)c1. The highest BCUT2D eigenvalue weighted by atomic mass is 16.2. The molecule has 0 aliphatic carbocycles. The Morgan fingerprint density at radius 3 is 2.50 bits per heavy atom. The summed E-state index contributed by atoms with van der Waals surface area (Å²) < 4.78 is 0. The summed E-state index contributed by atoms with van der Waals surface area (Å²) in [5.74, 6) is 0.856. The minimum absolute atomic E-state index is 0.105. The number of hydrogen-bond donors (Lipinski definition) is 1. The predicted molar refractivity (Wildman–Crippen MR) is 82.6 cm³/mol. The first-order valence-electron chi connectivity index (χ1n) is 7.46. The minimum Gasteiger partial charge on any atom is -0.339 e. The molecule has 1 aliphatic rings. The molecule has 1 amide bonds. The van der Waals surface area contributed by atoms with E-state index in [0.29, 0.717) is 5.92 Å². The molecule has 1 aromatic carbocycles. The molecule has 3 heteroatoms. The van der Waals surface area contributed by atoms with E-state index in [1.54, 1.807) is 0 Å². The molecule has 1 fully saturated rings. The second kappa shape index (κ2) is 5.96. The Morgan fingerprint density at radius 1 is 1.30 bits per heavy atom. The largest absolute Gasteiger partial charge is 0.339 e. The molecule has 1 aromatic rings. The highest BCUT2D eigenvalue weighted by Crippen LogP contribution is 2.27. The number of nitrogens with zero attached hydrogens (tertiary/aromatic N) is 1. The fourth-order valence-electron chi connectivity index (χ4n) is 2.80. The molecule has 0 radical (unpaired) electrons. The fourth-order valence-corrected chi connectivity index (χ4v) is 2.80. The number of hydrogen-bond acceptors (Lipinski definition) is 2. The van der Waals surface area contributed by atoms with Crippen LogP contribution in [0.5, 0.6) is 0 Å². The van der Waals surface area contributed by atoms with Crippen molar-refractivity contribution in [3.05, 3.63) is 34.9 Å². The summed E-state index contributed by atoms with van der Waals surface area (Å²) >= 11 is 0. The van der Waals surface area contributed by atoms with Gasteiger partial charge in [-0.1, -0.05) is 30.7 Å². The van der Waals surface area contributed by atoms with Gasteiger partial charge in [0.2, 0.25) is 5.91 Å². The summed E-state index contributed by atoms with van der Waals surface area (Å²) in [6.07, 6.45) is 0. The summed E-state index contributed by atoms with van der Waals surface area (Å²) in [6.45, 7) is 10.3. The molecule has 1 heterocycles. The number of amides is 1. The highest BCUT2D eigenvalue weighted by Gasteiger charge is 2.32. The third-order valence-corrected chi connectivity index (χ3v) is 4.72. The molecule has 0 aromatic heterocycles. The van der Waals surface area contributed by atoms with Crippen LogP contribution in [0.4, 0.5) is 0 Å². The first-order valence-corrected chi connectivity index (χ1v) is 7.46. The lowest BCUT2D eigenvalue weighted by molar-refractivity contribution is -0.138. The predicted octanol–water partition coefficient (Wildman–Crippen LogP) is 2.68. The number of benzene rings is 1. The van der Waals surface area contributed by atoms with Gasteiger partial charge in [-0.3, -0.25) is 4.79 Å². The van der Waals surface area contributed by atoms with Crippen LogP contribution in [-0.4, -0.2) is 30.9 Å². The lowest BCUT2D eigenvalue weighted by atomic mass is 9.87. The van der Waals surface area contributed by atoms with Crippen LogP contribution in [0.2, 0.25) is 0 Å². The van der Waals surface area contributed by atoms with Gasteiger partial charge in [-0.05, 0) is 50.9 Å². The van der Waals surface area contributed by atoms with Crippen LogP contribution < -0.4 is 5.32 Å². The van der Waals surface area contributed by atoms with Gasteiger partial charge in [0, 0.05) is 13.0 Å². The molecule has 0 bridgehead atoms. The fraction of sp³-hybridized carbons (Fsp3) is 0.588. The zero-order chi connectivity index (χ0) is 14.9. The van der Waals surface area contributed by atoms with Gasteiger partial charge in [0.25, 0.3) is 0 Å². The summed E-state index contributed by atoms with van der Waals surface area (Å²) in [6, 6.07) is 6.58. The molecular formula is C17H26N2O. The minimum atomic E-state index is 0.105. The van der Waals surface area contributed by atoms with Crippen LogP contribution >= 0.6 is 0 Å². The maximum Gasteiger partial charge on any atom is 0.226 e. The smallest absolute Gasteiger partial charge is 0.226 e. The van der Waals surface area contributed by atoms with Crippen molar-refractivity contribution in [2.24, 2.45) is 11.8 Å². The molecule has 1 saturated heterocycles. The van der Waals surface area contributed by atoms with Gasteiger partial charge in [-0.25, -0.2) is 0 Å².